The van der Waals surface area contributed by atoms with Gasteiger partial charge in [-0.05, 0) is 42.7 Å². The van der Waals surface area contributed by atoms with Gasteiger partial charge in [-0.1, -0.05) is 19.1 Å². The summed E-state index contributed by atoms with van der Waals surface area (Å²) < 4.78 is 20.7. The largest absolute Gasteiger partial charge is 0.392 e. The van der Waals surface area contributed by atoms with Gasteiger partial charge in [-0.15, -0.1) is 0 Å². The van der Waals surface area contributed by atoms with E-state index in [-0.39, 0.29) is 11.9 Å². The Balaban J connectivity index is 2.04. The van der Waals surface area contributed by atoms with E-state index < -0.39 is 0 Å². The Bertz CT molecular complexity index is 630. The Labute approximate surface area is 149 Å². The van der Waals surface area contributed by atoms with Gasteiger partial charge in [-0.25, -0.2) is 4.39 Å². The normalized spacial score (nSPS) is 12.7. The molecule has 0 bridgehead atoms. The van der Waals surface area contributed by atoms with Crippen molar-refractivity contribution in [3.63, 3.8) is 0 Å². The molecular weight excluding hydrogens is 319 g/mol. The molecule has 0 aliphatic heterocycles. The van der Waals surface area contributed by atoms with Crippen LogP contribution in [0.15, 0.2) is 42.6 Å². The number of aliphatic hydroxyl groups is 1. The fourth-order valence-corrected chi connectivity index (χ4v) is 2.90. The van der Waals surface area contributed by atoms with E-state index in [9.17, 15) is 9.50 Å². The van der Waals surface area contributed by atoms with E-state index in [4.69, 9.17) is 4.74 Å². The van der Waals surface area contributed by atoms with Crippen molar-refractivity contribution >= 4 is 0 Å². The van der Waals surface area contributed by atoms with Gasteiger partial charge in [-0.2, -0.15) is 0 Å². The summed E-state index contributed by atoms with van der Waals surface area (Å²) in [7, 11) is 1.70. The predicted octanol–water partition coefficient (Wildman–Crippen LogP) is 3.28. The van der Waals surface area contributed by atoms with Crippen LogP contribution in [0.3, 0.4) is 0 Å². The SMILES string of the molecule is CCC(O)CN(CCCOC)Cc1cccn1Cc1cccc(F)c1. The summed E-state index contributed by atoms with van der Waals surface area (Å²) in [6.45, 7) is 5.61. The van der Waals surface area contributed by atoms with E-state index in [0.29, 0.717) is 19.7 Å². The van der Waals surface area contributed by atoms with Gasteiger partial charge < -0.3 is 14.4 Å². The Hall–Kier alpha value is -1.69. The quantitative estimate of drug-likeness (QED) is 0.633. The number of halogens is 1. The van der Waals surface area contributed by atoms with Crippen LogP contribution in [-0.4, -0.2) is 47.5 Å². The summed E-state index contributed by atoms with van der Waals surface area (Å²) in [6.07, 6.45) is 3.36. The first-order valence-corrected chi connectivity index (χ1v) is 8.90. The lowest BCUT2D eigenvalue weighted by molar-refractivity contribution is 0.0956. The number of hydrogen-bond donors (Lipinski definition) is 1. The summed E-state index contributed by atoms with van der Waals surface area (Å²) in [5.41, 5.74) is 2.10. The lowest BCUT2D eigenvalue weighted by atomic mass is 10.2. The number of nitrogens with zero attached hydrogens (tertiary/aromatic N) is 2. The van der Waals surface area contributed by atoms with Gasteiger partial charge in [0.15, 0.2) is 0 Å². The number of hydrogen-bond acceptors (Lipinski definition) is 3. The molecule has 0 amide bonds. The molecule has 1 unspecified atom stereocenters. The number of aromatic nitrogens is 1. The number of rotatable bonds is 11. The molecular formula is C20H29FN2O2. The predicted molar refractivity (Wildman–Crippen MR) is 98.0 cm³/mol. The Morgan fingerprint density at radius 3 is 2.84 bits per heavy atom. The number of ether oxygens (including phenoxy) is 1. The van der Waals surface area contributed by atoms with Crippen molar-refractivity contribution in [2.45, 2.75) is 39.0 Å². The third kappa shape index (κ3) is 6.61. The van der Waals surface area contributed by atoms with Crippen molar-refractivity contribution in [3.8, 4) is 0 Å². The highest BCUT2D eigenvalue weighted by Crippen LogP contribution is 2.13. The van der Waals surface area contributed by atoms with Crippen LogP contribution in [0.5, 0.6) is 0 Å². The maximum Gasteiger partial charge on any atom is 0.123 e. The first kappa shape index (κ1) is 19.6. The zero-order valence-electron chi connectivity index (χ0n) is 15.2. The number of aliphatic hydroxyl groups excluding tert-OH is 1. The number of methoxy groups -OCH3 is 1. The second-order valence-electron chi connectivity index (χ2n) is 6.40. The molecule has 1 aromatic carbocycles. The average Bonchev–Trinajstić information content (AvgIpc) is 3.01. The zero-order chi connectivity index (χ0) is 18.1. The van der Waals surface area contributed by atoms with Gasteiger partial charge in [0, 0.05) is 51.8 Å². The van der Waals surface area contributed by atoms with Gasteiger partial charge in [0.25, 0.3) is 0 Å². The first-order chi connectivity index (χ1) is 12.1. The average molecular weight is 348 g/mol. The van der Waals surface area contributed by atoms with Crippen LogP contribution in [0, 0.1) is 5.82 Å². The second kappa shape index (κ2) is 10.3. The highest BCUT2D eigenvalue weighted by molar-refractivity contribution is 5.18. The number of benzene rings is 1. The van der Waals surface area contributed by atoms with Crippen molar-refractivity contribution in [3.05, 3.63) is 59.7 Å². The van der Waals surface area contributed by atoms with Crippen LogP contribution in [0.4, 0.5) is 4.39 Å². The fourth-order valence-electron chi connectivity index (χ4n) is 2.90. The standard InChI is InChI=1S/C20H29FN2O2/c1-3-20(24)16-22(10-6-12-25-2)15-19-9-5-11-23(19)14-17-7-4-8-18(21)13-17/h4-5,7-9,11,13,20,24H,3,6,10,12,14-16H2,1-2H3. The van der Waals surface area contributed by atoms with Crippen molar-refractivity contribution < 1.29 is 14.2 Å². The van der Waals surface area contributed by atoms with Gasteiger partial charge in [0.2, 0.25) is 0 Å². The van der Waals surface area contributed by atoms with E-state index in [1.54, 1.807) is 19.2 Å². The Morgan fingerprint density at radius 1 is 1.28 bits per heavy atom. The molecule has 138 valence electrons. The molecule has 1 heterocycles. The van der Waals surface area contributed by atoms with Gasteiger partial charge in [0.05, 0.1) is 6.10 Å². The summed E-state index contributed by atoms with van der Waals surface area (Å²) >= 11 is 0. The lowest BCUT2D eigenvalue weighted by Crippen LogP contribution is -2.33. The topological polar surface area (TPSA) is 37.6 Å². The molecule has 0 saturated heterocycles. The molecule has 0 spiro atoms. The van der Waals surface area contributed by atoms with E-state index in [0.717, 1.165) is 37.2 Å². The zero-order valence-corrected chi connectivity index (χ0v) is 15.2. The minimum Gasteiger partial charge on any atom is -0.392 e. The maximum atomic E-state index is 13.4. The molecule has 0 radical (unpaired) electrons. The van der Waals surface area contributed by atoms with E-state index in [1.807, 2.05) is 25.3 Å². The van der Waals surface area contributed by atoms with Gasteiger partial charge in [-0.3, -0.25) is 4.90 Å². The van der Waals surface area contributed by atoms with Crippen molar-refractivity contribution in [2.24, 2.45) is 0 Å². The molecule has 0 aliphatic carbocycles. The van der Waals surface area contributed by atoms with Crippen LogP contribution in [0.1, 0.15) is 31.0 Å². The molecule has 0 saturated carbocycles. The van der Waals surface area contributed by atoms with Crippen molar-refractivity contribution in [1.82, 2.24) is 9.47 Å². The minimum atomic E-state index is -0.325. The monoisotopic (exact) mass is 348 g/mol. The van der Waals surface area contributed by atoms with Gasteiger partial charge in [0.1, 0.15) is 5.82 Å². The molecule has 0 aliphatic rings. The highest BCUT2D eigenvalue weighted by atomic mass is 19.1. The van der Waals surface area contributed by atoms with Crippen LogP contribution in [-0.2, 0) is 17.8 Å². The lowest BCUT2D eigenvalue weighted by Gasteiger charge is -2.25. The van der Waals surface area contributed by atoms with Crippen molar-refractivity contribution in [2.75, 3.05) is 26.8 Å². The molecule has 0 fully saturated rings. The summed E-state index contributed by atoms with van der Waals surface area (Å²) in [4.78, 5) is 2.25. The third-order valence-electron chi connectivity index (χ3n) is 4.31. The highest BCUT2D eigenvalue weighted by Gasteiger charge is 2.13. The summed E-state index contributed by atoms with van der Waals surface area (Å²) in [5.74, 6) is -0.210. The smallest absolute Gasteiger partial charge is 0.123 e. The van der Waals surface area contributed by atoms with Gasteiger partial charge >= 0.3 is 0 Å². The maximum absolute atomic E-state index is 13.4. The van der Waals surface area contributed by atoms with Crippen LogP contribution in [0.2, 0.25) is 0 Å². The molecule has 1 N–H and O–H groups in total. The van der Waals surface area contributed by atoms with Crippen molar-refractivity contribution in [1.29, 1.82) is 0 Å². The Kier molecular flexibility index (Phi) is 8.12. The molecule has 1 aromatic heterocycles. The molecule has 5 heteroatoms. The molecule has 1 atom stereocenters. The molecule has 2 aromatic rings. The second-order valence-corrected chi connectivity index (χ2v) is 6.40. The fraction of sp³-hybridized carbons (Fsp3) is 0.500. The van der Waals surface area contributed by atoms with E-state index in [1.165, 1.54) is 6.07 Å². The van der Waals surface area contributed by atoms with E-state index >= 15 is 0 Å². The molecule has 4 nitrogen and oxygen atoms in total. The summed E-state index contributed by atoms with van der Waals surface area (Å²) in [5, 5.41) is 10.0. The first-order valence-electron chi connectivity index (χ1n) is 8.90. The van der Waals surface area contributed by atoms with Crippen LogP contribution < -0.4 is 0 Å². The summed E-state index contributed by atoms with van der Waals surface area (Å²) in [6, 6.07) is 10.8. The Morgan fingerprint density at radius 2 is 2.12 bits per heavy atom. The minimum absolute atomic E-state index is 0.210. The van der Waals surface area contributed by atoms with Crippen LogP contribution in [0.25, 0.3) is 0 Å². The molecule has 25 heavy (non-hydrogen) atoms. The van der Waals surface area contributed by atoms with E-state index in [2.05, 4.69) is 15.5 Å². The third-order valence-corrected chi connectivity index (χ3v) is 4.31. The van der Waals surface area contributed by atoms with Crippen LogP contribution >= 0.6 is 0 Å². The molecule has 2 rings (SSSR count).